The summed E-state index contributed by atoms with van der Waals surface area (Å²) < 4.78 is 4.76. The van der Waals surface area contributed by atoms with E-state index in [0.29, 0.717) is 18.0 Å². The molecule has 0 aliphatic carbocycles. The number of rotatable bonds is 2. The van der Waals surface area contributed by atoms with Gasteiger partial charge in [0.15, 0.2) is 0 Å². The first-order valence-electron chi connectivity index (χ1n) is 4.13. The molecule has 0 spiro atoms. The molecule has 0 saturated heterocycles. The quantitative estimate of drug-likeness (QED) is 0.678. The highest BCUT2D eigenvalue weighted by molar-refractivity contribution is 5.41. The first-order valence-corrected chi connectivity index (χ1v) is 4.13. The van der Waals surface area contributed by atoms with E-state index in [1.165, 1.54) is 0 Å². The molecule has 0 amide bonds. The lowest BCUT2D eigenvalue weighted by atomic mass is 10.1. The predicted molar refractivity (Wildman–Crippen MR) is 50.8 cm³/mol. The maximum atomic E-state index is 10.6. The summed E-state index contributed by atoms with van der Waals surface area (Å²) in [5, 5.41) is 5.90. The number of hydrogen-bond donors (Lipinski definition) is 2. The molecule has 5 heteroatoms. The van der Waals surface area contributed by atoms with Crippen molar-refractivity contribution in [2.75, 3.05) is 5.73 Å². The van der Waals surface area contributed by atoms with Crippen LogP contribution in [0.15, 0.2) is 33.5 Å². The fourth-order valence-electron chi connectivity index (χ4n) is 1.21. The summed E-state index contributed by atoms with van der Waals surface area (Å²) in [6.45, 7) is 0. The smallest absolute Gasteiger partial charge is 0.399 e. The molecule has 1 aromatic heterocycles. The van der Waals surface area contributed by atoms with Crippen LogP contribution < -0.4 is 11.5 Å². The summed E-state index contributed by atoms with van der Waals surface area (Å²) in [6.07, 6.45) is 0.462. The van der Waals surface area contributed by atoms with E-state index in [-0.39, 0.29) is 0 Å². The highest BCUT2D eigenvalue weighted by atomic mass is 16.4. The summed E-state index contributed by atoms with van der Waals surface area (Å²) in [5.41, 5.74) is 7.24. The van der Waals surface area contributed by atoms with E-state index in [1.54, 1.807) is 6.07 Å². The summed E-state index contributed by atoms with van der Waals surface area (Å²) in [6, 6.07) is 7.35. The summed E-state index contributed by atoms with van der Waals surface area (Å²) >= 11 is 0. The van der Waals surface area contributed by atoms with Gasteiger partial charge in [-0.05, 0) is 17.7 Å². The van der Waals surface area contributed by atoms with E-state index >= 15 is 0 Å². The van der Waals surface area contributed by atoms with Gasteiger partial charge in [0.25, 0.3) is 0 Å². The Labute approximate surface area is 79.6 Å². The van der Waals surface area contributed by atoms with E-state index < -0.39 is 5.76 Å². The van der Waals surface area contributed by atoms with Gasteiger partial charge >= 0.3 is 5.76 Å². The van der Waals surface area contributed by atoms with Crippen molar-refractivity contribution in [1.29, 1.82) is 0 Å². The first kappa shape index (κ1) is 8.55. The minimum absolute atomic E-state index is 0.362. The molecule has 3 N–H and O–H groups in total. The number of aromatic amines is 1. The highest BCUT2D eigenvalue weighted by Gasteiger charge is 2.02. The van der Waals surface area contributed by atoms with Gasteiger partial charge in [0.1, 0.15) is 0 Å². The number of anilines is 1. The molecule has 0 bridgehead atoms. The Hall–Kier alpha value is -2.04. The molecule has 72 valence electrons. The molecular formula is C9H9N3O2. The number of H-pyrrole nitrogens is 1. The molecule has 0 aliphatic heterocycles. The highest BCUT2D eigenvalue weighted by Crippen LogP contribution is 2.09. The number of nitrogen functional groups attached to an aromatic ring is 1. The molecule has 0 aliphatic rings. The average Bonchev–Trinajstić information content (AvgIpc) is 2.51. The molecular weight excluding hydrogens is 182 g/mol. The van der Waals surface area contributed by atoms with Crippen molar-refractivity contribution in [2.45, 2.75) is 6.42 Å². The standard InChI is InChI=1S/C9H9N3O2/c10-7-3-1-2-6(4-7)5-8-11-12-9(13)14-8/h1-4H,5,10H2,(H,12,13). The second-order valence-electron chi connectivity index (χ2n) is 2.93. The molecule has 14 heavy (non-hydrogen) atoms. The van der Waals surface area contributed by atoms with Crippen LogP contribution in [-0.4, -0.2) is 10.2 Å². The van der Waals surface area contributed by atoms with Crippen molar-refractivity contribution in [3.05, 3.63) is 46.3 Å². The van der Waals surface area contributed by atoms with Crippen LogP contribution in [0, 0.1) is 0 Å². The maximum Gasteiger partial charge on any atom is 0.434 e. The van der Waals surface area contributed by atoms with Crippen LogP contribution in [0.1, 0.15) is 11.5 Å². The number of aromatic nitrogens is 2. The van der Waals surface area contributed by atoms with E-state index in [2.05, 4.69) is 10.2 Å². The van der Waals surface area contributed by atoms with Gasteiger partial charge in [-0.1, -0.05) is 12.1 Å². The van der Waals surface area contributed by atoms with Crippen LogP contribution in [-0.2, 0) is 6.42 Å². The zero-order valence-corrected chi connectivity index (χ0v) is 7.36. The Morgan fingerprint density at radius 3 is 3.00 bits per heavy atom. The van der Waals surface area contributed by atoms with Crippen molar-refractivity contribution >= 4 is 5.69 Å². The van der Waals surface area contributed by atoms with Gasteiger partial charge < -0.3 is 10.2 Å². The summed E-state index contributed by atoms with van der Waals surface area (Å²) in [7, 11) is 0. The molecule has 0 fully saturated rings. The zero-order valence-electron chi connectivity index (χ0n) is 7.36. The Balaban J connectivity index is 2.22. The molecule has 2 aromatic rings. The van der Waals surface area contributed by atoms with Crippen LogP contribution in [0.5, 0.6) is 0 Å². The minimum atomic E-state index is -0.538. The van der Waals surface area contributed by atoms with E-state index in [1.807, 2.05) is 18.2 Å². The fourth-order valence-corrected chi connectivity index (χ4v) is 1.21. The second-order valence-corrected chi connectivity index (χ2v) is 2.93. The normalized spacial score (nSPS) is 10.3. The number of nitrogens with one attached hydrogen (secondary N) is 1. The summed E-state index contributed by atoms with van der Waals surface area (Å²) in [4.78, 5) is 10.6. The van der Waals surface area contributed by atoms with Gasteiger partial charge in [0, 0.05) is 5.69 Å². The third-order valence-corrected chi connectivity index (χ3v) is 1.79. The van der Waals surface area contributed by atoms with Crippen molar-refractivity contribution in [3.63, 3.8) is 0 Å². The van der Waals surface area contributed by atoms with E-state index in [0.717, 1.165) is 5.56 Å². The fraction of sp³-hybridized carbons (Fsp3) is 0.111. The zero-order chi connectivity index (χ0) is 9.97. The van der Waals surface area contributed by atoms with Crippen LogP contribution in [0.25, 0.3) is 0 Å². The molecule has 0 unspecified atom stereocenters. The van der Waals surface area contributed by atoms with Crippen molar-refractivity contribution < 1.29 is 4.42 Å². The number of nitrogens with two attached hydrogens (primary N) is 1. The first-order chi connectivity index (χ1) is 6.74. The van der Waals surface area contributed by atoms with Gasteiger partial charge in [-0.15, -0.1) is 5.10 Å². The molecule has 0 saturated carbocycles. The van der Waals surface area contributed by atoms with Crippen LogP contribution in [0.4, 0.5) is 5.69 Å². The lowest BCUT2D eigenvalue weighted by Crippen LogP contribution is -1.94. The van der Waals surface area contributed by atoms with Gasteiger partial charge in [-0.2, -0.15) is 0 Å². The number of nitrogens with zero attached hydrogens (tertiary/aromatic N) is 1. The molecule has 5 nitrogen and oxygen atoms in total. The largest absolute Gasteiger partial charge is 0.434 e. The predicted octanol–water partition coefficient (Wildman–Crippen LogP) is 0.536. The number of hydrogen-bond acceptors (Lipinski definition) is 4. The van der Waals surface area contributed by atoms with E-state index in [4.69, 9.17) is 10.2 Å². The van der Waals surface area contributed by atoms with Gasteiger partial charge in [-0.25, -0.2) is 9.89 Å². The average molecular weight is 191 g/mol. The van der Waals surface area contributed by atoms with Crippen molar-refractivity contribution in [3.8, 4) is 0 Å². The van der Waals surface area contributed by atoms with Gasteiger partial charge in [-0.3, -0.25) is 0 Å². The maximum absolute atomic E-state index is 10.6. The van der Waals surface area contributed by atoms with E-state index in [9.17, 15) is 4.79 Å². The molecule has 1 aromatic carbocycles. The topological polar surface area (TPSA) is 84.9 Å². The third kappa shape index (κ3) is 1.82. The summed E-state index contributed by atoms with van der Waals surface area (Å²) in [5.74, 6) is -0.176. The Morgan fingerprint density at radius 1 is 1.50 bits per heavy atom. The van der Waals surface area contributed by atoms with Gasteiger partial charge in [0.2, 0.25) is 5.89 Å². The Bertz CT molecular complexity index is 487. The lowest BCUT2D eigenvalue weighted by molar-refractivity contribution is 0.471. The van der Waals surface area contributed by atoms with Crippen LogP contribution in [0.2, 0.25) is 0 Å². The molecule has 2 rings (SSSR count). The molecule has 0 atom stereocenters. The monoisotopic (exact) mass is 191 g/mol. The SMILES string of the molecule is Nc1cccc(Cc2n[nH]c(=O)o2)c1. The van der Waals surface area contributed by atoms with Crippen LogP contribution in [0.3, 0.4) is 0 Å². The Kier molecular flexibility index (Phi) is 2.06. The third-order valence-electron chi connectivity index (χ3n) is 1.79. The minimum Gasteiger partial charge on any atom is -0.399 e. The molecule has 0 radical (unpaired) electrons. The lowest BCUT2D eigenvalue weighted by Gasteiger charge is -1.97. The molecule has 1 heterocycles. The van der Waals surface area contributed by atoms with Gasteiger partial charge in [0.05, 0.1) is 6.42 Å². The Morgan fingerprint density at radius 2 is 2.36 bits per heavy atom. The van der Waals surface area contributed by atoms with Crippen molar-refractivity contribution in [1.82, 2.24) is 10.2 Å². The van der Waals surface area contributed by atoms with Crippen LogP contribution >= 0.6 is 0 Å². The second kappa shape index (κ2) is 3.37. The van der Waals surface area contributed by atoms with Crippen molar-refractivity contribution in [2.24, 2.45) is 0 Å². The number of benzene rings is 1.